The first kappa shape index (κ1) is 23.0. The SMILES string of the molecule is COC(=O)C1=C(c2ccccc2O)c2ccccc2C2=CC(c3ccccc3)(c3ccccc3)COC21. The van der Waals surface area contributed by atoms with E-state index in [9.17, 15) is 9.90 Å². The number of carbonyl (C=O) groups excluding carboxylic acids is 1. The number of aromatic hydroxyl groups is 1. The lowest BCUT2D eigenvalue weighted by atomic mass is 9.68. The van der Waals surface area contributed by atoms with Crippen molar-refractivity contribution in [2.75, 3.05) is 13.7 Å². The Morgan fingerprint density at radius 3 is 1.92 bits per heavy atom. The minimum absolute atomic E-state index is 0.0971. The van der Waals surface area contributed by atoms with Crippen LogP contribution in [0.5, 0.6) is 5.75 Å². The molecule has 1 N–H and O–H groups in total. The highest BCUT2D eigenvalue weighted by Crippen LogP contribution is 2.50. The van der Waals surface area contributed by atoms with E-state index < -0.39 is 17.5 Å². The number of hydrogen-bond acceptors (Lipinski definition) is 4. The zero-order valence-electron chi connectivity index (χ0n) is 20.4. The first-order valence-electron chi connectivity index (χ1n) is 12.3. The molecule has 0 saturated carbocycles. The van der Waals surface area contributed by atoms with Crippen molar-refractivity contribution in [1.29, 1.82) is 0 Å². The third-order valence-corrected chi connectivity index (χ3v) is 7.36. The van der Waals surface area contributed by atoms with E-state index in [-0.39, 0.29) is 5.75 Å². The quantitative estimate of drug-likeness (QED) is 0.352. The lowest BCUT2D eigenvalue weighted by Crippen LogP contribution is -2.42. The summed E-state index contributed by atoms with van der Waals surface area (Å²) in [6, 6.07) is 35.7. The molecule has 1 aliphatic carbocycles. The Labute approximate surface area is 216 Å². The number of phenolic OH excluding ortho intramolecular Hbond substituents is 1. The topological polar surface area (TPSA) is 55.8 Å². The maximum atomic E-state index is 13.4. The summed E-state index contributed by atoms with van der Waals surface area (Å²) in [7, 11) is 1.38. The van der Waals surface area contributed by atoms with Crippen molar-refractivity contribution in [3.63, 3.8) is 0 Å². The molecule has 1 unspecified atom stereocenters. The van der Waals surface area contributed by atoms with Crippen molar-refractivity contribution in [2.45, 2.75) is 11.5 Å². The molecule has 4 aromatic carbocycles. The highest BCUT2D eigenvalue weighted by Gasteiger charge is 2.45. The lowest BCUT2D eigenvalue weighted by molar-refractivity contribution is -0.137. The second kappa shape index (κ2) is 9.23. The standard InChI is InChI=1S/C33H26O4/c1-36-32(35)30-29(26-18-10-11-19-28(26)34)25-17-9-8-16-24(25)27-20-33(21-37-31(27)30,22-12-4-2-5-13-22)23-14-6-3-7-15-23/h2-20,31,34H,21H2,1H3. The minimum atomic E-state index is -0.641. The fourth-order valence-electron chi connectivity index (χ4n) is 5.64. The van der Waals surface area contributed by atoms with Gasteiger partial charge in [-0.25, -0.2) is 4.79 Å². The van der Waals surface area contributed by atoms with Crippen LogP contribution in [0.3, 0.4) is 0 Å². The molecule has 0 bridgehead atoms. The summed E-state index contributed by atoms with van der Waals surface area (Å²) in [6.45, 7) is 0.339. The average Bonchev–Trinajstić information content (AvgIpc) is 2.97. The molecule has 1 atom stereocenters. The third-order valence-electron chi connectivity index (χ3n) is 7.36. The van der Waals surface area contributed by atoms with Gasteiger partial charge in [-0.1, -0.05) is 109 Å². The third kappa shape index (κ3) is 3.69. The molecule has 0 radical (unpaired) electrons. The maximum absolute atomic E-state index is 13.4. The van der Waals surface area contributed by atoms with Crippen molar-refractivity contribution < 1.29 is 19.4 Å². The number of fused-ring (bicyclic) bond motifs is 3. The molecule has 1 heterocycles. The normalized spacial score (nSPS) is 17.9. The van der Waals surface area contributed by atoms with E-state index in [1.807, 2.05) is 66.7 Å². The first-order valence-corrected chi connectivity index (χ1v) is 12.3. The van der Waals surface area contributed by atoms with Crippen LogP contribution < -0.4 is 0 Å². The van der Waals surface area contributed by atoms with Gasteiger partial charge in [0.25, 0.3) is 0 Å². The van der Waals surface area contributed by atoms with Crippen LogP contribution >= 0.6 is 0 Å². The average molecular weight is 487 g/mol. The number of esters is 1. The van der Waals surface area contributed by atoms with Crippen LogP contribution in [-0.4, -0.2) is 30.9 Å². The van der Waals surface area contributed by atoms with Gasteiger partial charge in [-0.05, 0) is 33.9 Å². The Morgan fingerprint density at radius 2 is 1.32 bits per heavy atom. The molecule has 0 spiro atoms. The fraction of sp³-hybridized carbons (Fsp3) is 0.121. The Hall–Kier alpha value is -4.41. The Balaban J connectivity index is 1.67. The molecule has 1 aliphatic heterocycles. The molecular formula is C33H26O4. The zero-order chi connectivity index (χ0) is 25.4. The summed E-state index contributed by atoms with van der Waals surface area (Å²) >= 11 is 0. The van der Waals surface area contributed by atoms with E-state index in [0.29, 0.717) is 23.3 Å². The Morgan fingerprint density at radius 1 is 0.784 bits per heavy atom. The predicted octanol–water partition coefficient (Wildman–Crippen LogP) is 6.15. The summed E-state index contributed by atoms with van der Waals surface area (Å²) in [5, 5.41) is 10.8. The maximum Gasteiger partial charge on any atom is 0.337 e. The smallest absolute Gasteiger partial charge is 0.337 e. The number of carbonyl (C=O) groups is 1. The molecular weight excluding hydrogens is 460 g/mol. The van der Waals surface area contributed by atoms with Crippen LogP contribution in [0.4, 0.5) is 0 Å². The number of ether oxygens (including phenoxy) is 2. The van der Waals surface area contributed by atoms with Gasteiger partial charge in [0.2, 0.25) is 0 Å². The van der Waals surface area contributed by atoms with Crippen molar-refractivity contribution in [3.8, 4) is 5.75 Å². The lowest BCUT2D eigenvalue weighted by Gasteiger charge is -2.42. The molecule has 182 valence electrons. The Kier molecular flexibility index (Phi) is 5.74. The van der Waals surface area contributed by atoms with Crippen LogP contribution in [0.2, 0.25) is 0 Å². The van der Waals surface area contributed by atoms with Crippen LogP contribution in [0, 0.1) is 0 Å². The van der Waals surface area contributed by atoms with Crippen molar-refractivity contribution in [3.05, 3.63) is 149 Å². The van der Waals surface area contributed by atoms with Crippen molar-refractivity contribution in [1.82, 2.24) is 0 Å². The van der Waals surface area contributed by atoms with Gasteiger partial charge in [0.05, 0.1) is 24.7 Å². The highest BCUT2D eigenvalue weighted by atomic mass is 16.5. The number of methoxy groups -OCH3 is 1. The second-order valence-electron chi connectivity index (χ2n) is 9.34. The molecule has 4 nitrogen and oxygen atoms in total. The Bertz CT molecular complexity index is 1490. The number of phenols is 1. The van der Waals surface area contributed by atoms with Crippen LogP contribution in [0.1, 0.15) is 27.8 Å². The fourth-order valence-corrected chi connectivity index (χ4v) is 5.64. The van der Waals surface area contributed by atoms with Gasteiger partial charge < -0.3 is 14.6 Å². The summed E-state index contributed by atoms with van der Waals surface area (Å²) in [5.74, 6) is -0.379. The van der Waals surface area contributed by atoms with Gasteiger partial charge in [-0.2, -0.15) is 0 Å². The van der Waals surface area contributed by atoms with E-state index in [0.717, 1.165) is 27.8 Å². The number of hydrogen-bond donors (Lipinski definition) is 1. The molecule has 4 heteroatoms. The molecule has 0 saturated heterocycles. The predicted molar refractivity (Wildman–Crippen MR) is 144 cm³/mol. The monoisotopic (exact) mass is 486 g/mol. The van der Waals surface area contributed by atoms with Gasteiger partial charge in [0.15, 0.2) is 0 Å². The number of rotatable bonds is 4. The second-order valence-corrected chi connectivity index (χ2v) is 9.34. The van der Waals surface area contributed by atoms with E-state index in [2.05, 4.69) is 36.4 Å². The van der Waals surface area contributed by atoms with Gasteiger partial charge in [-0.3, -0.25) is 0 Å². The summed E-state index contributed by atoms with van der Waals surface area (Å²) in [4.78, 5) is 13.4. The summed E-state index contributed by atoms with van der Waals surface area (Å²) < 4.78 is 12.0. The molecule has 4 aromatic rings. The number of benzene rings is 4. The molecule has 37 heavy (non-hydrogen) atoms. The molecule has 2 aliphatic rings. The summed E-state index contributed by atoms with van der Waals surface area (Å²) in [6.07, 6.45) is 1.62. The number of para-hydroxylation sites is 1. The zero-order valence-corrected chi connectivity index (χ0v) is 20.4. The van der Waals surface area contributed by atoms with Crippen LogP contribution in [-0.2, 0) is 19.7 Å². The minimum Gasteiger partial charge on any atom is -0.507 e. The van der Waals surface area contributed by atoms with Gasteiger partial charge in [0, 0.05) is 11.1 Å². The highest BCUT2D eigenvalue weighted by molar-refractivity contribution is 6.10. The summed E-state index contributed by atoms with van der Waals surface area (Å²) in [5.41, 5.74) is 6.00. The van der Waals surface area contributed by atoms with Crippen LogP contribution in [0.25, 0.3) is 11.1 Å². The first-order chi connectivity index (χ1) is 18.1. The van der Waals surface area contributed by atoms with Crippen molar-refractivity contribution in [2.24, 2.45) is 0 Å². The van der Waals surface area contributed by atoms with Gasteiger partial charge >= 0.3 is 5.97 Å². The molecule has 6 rings (SSSR count). The van der Waals surface area contributed by atoms with E-state index in [4.69, 9.17) is 9.47 Å². The van der Waals surface area contributed by atoms with Gasteiger partial charge in [0.1, 0.15) is 11.9 Å². The van der Waals surface area contributed by atoms with E-state index >= 15 is 0 Å². The van der Waals surface area contributed by atoms with E-state index in [1.54, 1.807) is 12.1 Å². The molecule has 0 fully saturated rings. The molecule has 0 amide bonds. The van der Waals surface area contributed by atoms with Crippen molar-refractivity contribution >= 4 is 17.1 Å². The largest absolute Gasteiger partial charge is 0.507 e. The molecule has 0 aromatic heterocycles. The van der Waals surface area contributed by atoms with Gasteiger partial charge in [-0.15, -0.1) is 0 Å². The van der Waals surface area contributed by atoms with E-state index in [1.165, 1.54) is 7.11 Å². The van der Waals surface area contributed by atoms with Crippen LogP contribution in [0.15, 0.2) is 121 Å².